The second-order valence-electron chi connectivity index (χ2n) is 4.82. The van der Waals surface area contributed by atoms with Gasteiger partial charge in [-0.15, -0.1) is 11.3 Å². The predicted octanol–water partition coefficient (Wildman–Crippen LogP) is 3.81. The van der Waals surface area contributed by atoms with Gasteiger partial charge in [-0.3, -0.25) is 4.79 Å². The third-order valence-corrected chi connectivity index (χ3v) is 4.78. The molecule has 0 aliphatic heterocycles. The van der Waals surface area contributed by atoms with Gasteiger partial charge in [0.2, 0.25) is 0 Å². The lowest BCUT2D eigenvalue weighted by atomic mass is 10.2. The molecule has 0 bridgehead atoms. The average molecular weight is 359 g/mol. The zero-order valence-corrected chi connectivity index (χ0v) is 14.4. The molecule has 0 aliphatic carbocycles. The molecule has 2 heterocycles. The molecule has 0 aliphatic rings. The second-order valence-corrected chi connectivity index (χ2v) is 6.46. The highest BCUT2D eigenvalue weighted by Crippen LogP contribution is 2.26. The molecule has 0 N–H and O–H groups in total. The van der Waals surface area contributed by atoms with Gasteiger partial charge in [-0.25, -0.2) is 9.78 Å². The van der Waals surface area contributed by atoms with Crippen molar-refractivity contribution in [1.29, 1.82) is 0 Å². The van der Waals surface area contributed by atoms with Crippen molar-refractivity contribution in [3.05, 3.63) is 57.7 Å². The number of rotatable bonds is 5. The average Bonchev–Trinajstić information content (AvgIpc) is 3.26. The van der Waals surface area contributed by atoms with Gasteiger partial charge < -0.3 is 9.47 Å². The van der Waals surface area contributed by atoms with E-state index < -0.39 is 11.9 Å². The lowest BCUT2D eigenvalue weighted by Gasteiger charge is -2.04. The fourth-order valence-electron chi connectivity index (χ4n) is 2.00. The van der Waals surface area contributed by atoms with Crippen LogP contribution in [0.4, 0.5) is 0 Å². The Hall–Kier alpha value is -2.51. The number of thiophene rings is 1. The molecule has 122 valence electrons. The highest BCUT2D eigenvalue weighted by molar-refractivity contribution is 7.14. The first-order valence-electron chi connectivity index (χ1n) is 7.02. The summed E-state index contributed by atoms with van der Waals surface area (Å²) in [5.74, 6) is -0.458. The number of esters is 2. The first kappa shape index (κ1) is 16.4. The van der Waals surface area contributed by atoms with E-state index in [9.17, 15) is 9.59 Å². The van der Waals surface area contributed by atoms with E-state index in [1.165, 1.54) is 18.4 Å². The summed E-state index contributed by atoms with van der Waals surface area (Å²) in [6.07, 6.45) is 0.0966. The van der Waals surface area contributed by atoms with Crippen molar-refractivity contribution >= 4 is 34.6 Å². The maximum Gasteiger partial charge on any atom is 0.337 e. The van der Waals surface area contributed by atoms with E-state index >= 15 is 0 Å². The largest absolute Gasteiger partial charge is 0.465 e. The number of hydrogen-bond donors (Lipinski definition) is 0. The summed E-state index contributed by atoms with van der Waals surface area (Å²) in [7, 11) is 1.31. The maximum absolute atomic E-state index is 12.0. The lowest BCUT2D eigenvalue weighted by molar-refractivity contribution is -0.133. The zero-order chi connectivity index (χ0) is 16.9. The number of aromatic nitrogens is 1. The molecule has 5 nitrogen and oxygen atoms in total. The topological polar surface area (TPSA) is 65.5 Å². The predicted molar refractivity (Wildman–Crippen MR) is 92.5 cm³/mol. The highest BCUT2D eigenvalue weighted by atomic mass is 32.1. The van der Waals surface area contributed by atoms with Crippen LogP contribution in [0.1, 0.15) is 16.1 Å². The molecule has 7 heteroatoms. The molecule has 0 unspecified atom stereocenters. The molecule has 2 aromatic heterocycles. The minimum Gasteiger partial charge on any atom is -0.465 e. The SMILES string of the molecule is COC(=O)c1ccc(OC(=O)Cc2csc(-c3ccsc3)n2)cc1. The minimum atomic E-state index is -0.434. The van der Waals surface area contributed by atoms with E-state index in [2.05, 4.69) is 9.72 Å². The van der Waals surface area contributed by atoms with Crippen LogP contribution in [-0.2, 0) is 16.0 Å². The molecular formula is C17H13NO4S2. The standard InChI is InChI=1S/C17H13NO4S2/c1-21-17(20)11-2-4-14(5-3-11)22-15(19)8-13-10-24-16(18-13)12-6-7-23-9-12/h2-7,9-10H,8H2,1H3. The van der Waals surface area contributed by atoms with Crippen molar-refractivity contribution in [2.24, 2.45) is 0 Å². The Morgan fingerprint density at radius 1 is 1.12 bits per heavy atom. The summed E-state index contributed by atoms with van der Waals surface area (Å²) in [6.45, 7) is 0. The minimum absolute atomic E-state index is 0.0966. The van der Waals surface area contributed by atoms with Crippen molar-refractivity contribution in [2.75, 3.05) is 7.11 Å². The van der Waals surface area contributed by atoms with Gasteiger partial charge in [-0.05, 0) is 35.7 Å². The summed E-state index contributed by atoms with van der Waals surface area (Å²) < 4.78 is 9.88. The summed E-state index contributed by atoms with van der Waals surface area (Å²) in [6, 6.07) is 8.20. The number of carbonyl (C=O) groups is 2. The summed E-state index contributed by atoms with van der Waals surface area (Å²) in [5.41, 5.74) is 2.14. The Morgan fingerprint density at radius 3 is 2.58 bits per heavy atom. The van der Waals surface area contributed by atoms with Gasteiger partial charge >= 0.3 is 11.9 Å². The maximum atomic E-state index is 12.0. The molecule has 0 radical (unpaired) electrons. The van der Waals surface area contributed by atoms with Crippen LogP contribution in [0.25, 0.3) is 10.6 Å². The number of methoxy groups -OCH3 is 1. The Labute approximate surface area is 146 Å². The summed E-state index contributed by atoms with van der Waals surface area (Å²) >= 11 is 3.11. The molecule has 0 saturated carbocycles. The fourth-order valence-corrected chi connectivity index (χ4v) is 3.53. The Balaban J connectivity index is 1.60. The molecule has 0 spiro atoms. The molecule has 0 saturated heterocycles. The Morgan fingerprint density at radius 2 is 1.92 bits per heavy atom. The van der Waals surface area contributed by atoms with Crippen LogP contribution in [-0.4, -0.2) is 24.0 Å². The van der Waals surface area contributed by atoms with Crippen LogP contribution in [0, 0.1) is 0 Å². The van der Waals surface area contributed by atoms with Gasteiger partial charge in [0.25, 0.3) is 0 Å². The van der Waals surface area contributed by atoms with Gasteiger partial charge in [0.15, 0.2) is 0 Å². The molecule has 24 heavy (non-hydrogen) atoms. The van der Waals surface area contributed by atoms with E-state index in [4.69, 9.17) is 4.74 Å². The smallest absolute Gasteiger partial charge is 0.337 e. The van der Waals surface area contributed by atoms with Gasteiger partial charge in [-0.1, -0.05) is 0 Å². The number of ether oxygens (including phenoxy) is 2. The van der Waals surface area contributed by atoms with Crippen LogP contribution < -0.4 is 4.74 Å². The molecule has 3 aromatic rings. The van der Waals surface area contributed by atoms with Crippen molar-refractivity contribution in [3.8, 4) is 16.3 Å². The molecule has 3 rings (SSSR count). The molecule has 0 fully saturated rings. The quantitative estimate of drug-likeness (QED) is 0.512. The lowest BCUT2D eigenvalue weighted by Crippen LogP contribution is -2.11. The first-order valence-corrected chi connectivity index (χ1v) is 8.84. The van der Waals surface area contributed by atoms with Crippen LogP contribution in [0.5, 0.6) is 5.75 Å². The highest BCUT2D eigenvalue weighted by Gasteiger charge is 2.12. The van der Waals surface area contributed by atoms with Gasteiger partial charge in [0.1, 0.15) is 10.8 Å². The van der Waals surface area contributed by atoms with Crippen LogP contribution in [0.3, 0.4) is 0 Å². The number of thiazole rings is 1. The van der Waals surface area contributed by atoms with E-state index in [1.807, 2.05) is 22.2 Å². The van der Waals surface area contributed by atoms with Crippen LogP contribution in [0.2, 0.25) is 0 Å². The molecular weight excluding hydrogens is 346 g/mol. The van der Waals surface area contributed by atoms with Gasteiger partial charge in [0.05, 0.1) is 24.8 Å². The first-order chi connectivity index (χ1) is 11.7. The van der Waals surface area contributed by atoms with E-state index in [0.717, 1.165) is 10.6 Å². The monoisotopic (exact) mass is 359 g/mol. The van der Waals surface area contributed by atoms with Crippen molar-refractivity contribution in [3.63, 3.8) is 0 Å². The molecule has 0 atom stereocenters. The van der Waals surface area contributed by atoms with E-state index in [0.29, 0.717) is 17.0 Å². The van der Waals surface area contributed by atoms with E-state index in [1.54, 1.807) is 35.6 Å². The number of benzene rings is 1. The number of nitrogens with zero attached hydrogens (tertiary/aromatic N) is 1. The van der Waals surface area contributed by atoms with Gasteiger partial charge in [-0.2, -0.15) is 11.3 Å². The van der Waals surface area contributed by atoms with E-state index in [-0.39, 0.29) is 6.42 Å². The number of carbonyl (C=O) groups excluding carboxylic acids is 2. The Kier molecular flexibility index (Phi) is 5.02. The third kappa shape index (κ3) is 3.87. The van der Waals surface area contributed by atoms with Crippen LogP contribution >= 0.6 is 22.7 Å². The molecule has 0 amide bonds. The van der Waals surface area contributed by atoms with Crippen LogP contribution in [0.15, 0.2) is 46.5 Å². The number of hydrogen-bond acceptors (Lipinski definition) is 7. The normalized spacial score (nSPS) is 10.4. The summed E-state index contributed by atoms with van der Waals surface area (Å²) in [4.78, 5) is 27.8. The third-order valence-electron chi connectivity index (χ3n) is 3.15. The Bertz CT molecular complexity index is 838. The zero-order valence-electron chi connectivity index (χ0n) is 12.7. The van der Waals surface area contributed by atoms with Crippen molar-refractivity contribution < 1.29 is 19.1 Å². The fraction of sp³-hybridized carbons (Fsp3) is 0.118. The second kappa shape index (κ2) is 7.37. The van der Waals surface area contributed by atoms with Gasteiger partial charge in [0, 0.05) is 16.3 Å². The molecule has 1 aromatic carbocycles. The summed E-state index contributed by atoms with van der Waals surface area (Å²) in [5, 5.41) is 6.75. The van der Waals surface area contributed by atoms with Crippen molar-refractivity contribution in [1.82, 2.24) is 4.98 Å². The van der Waals surface area contributed by atoms with Crippen molar-refractivity contribution in [2.45, 2.75) is 6.42 Å².